The molecule has 0 saturated carbocycles. The molecule has 1 unspecified atom stereocenters. The van der Waals surface area contributed by atoms with Crippen LogP contribution in [0.4, 0.5) is 4.39 Å². The largest absolute Gasteiger partial charge is 0.349 e. The molecule has 3 N–H and O–H groups in total. The number of rotatable bonds is 5. The highest BCUT2D eigenvalue weighted by molar-refractivity contribution is 5.94. The van der Waals surface area contributed by atoms with Crippen LogP contribution in [0, 0.1) is 17.7 Å². The van der Waals surface area contributed by atoms with Crippen LogP contribution in [0.1, 0.15) is 29.3 Å². The van der Waals surface area contributed by atoms with Gasteiger partial charge in [0.1, 0.15) is 5.82 Å². The van der Waals surface area contributed by atoms with Crippen molar-refractivity contribution in [3.8, 4) is 11.8 Å². The van der Waals surface area contributed by atoms with E-state index in [-0.39, 0.29) is 18.2 Å². The number of nitrogens with one attached hydrogen (secondary N) is 1. The topological polar surface area (TPSA) is 58.4 Å². The Bertz CT molecular complexity index is 546. The normalized spacial score (nSPS) is 11.7. The molecule has 0 aliphatic carbocycles. The molecule has 1 rings (SSSR count). The Morgan fingerprint density at radius 2 is 2.19 bits per heavy atom. The van der Waals surface area contributed by atoms with Crippen LogP contribution < -0.4 is 11.1 Å². The molecule has 0 aliphatic rings. The maximum Gasteiger partial charge on any atom is 0.254 e. The molecule has 114 valence electrons. The van der Waals surface area contributed by atoms with Gasteiger partial charge in [0.15, 0.2) is 0 Å². The van der Waals surface area contributed by atoms with Crippen molar-refractivity contribution in [1.82, 2.24) is 10.2 Å². The molecule has 0 heterocycles. The maximum atomic E-state index is 13.9. The number of amides is 1. The van der Waals surface area contributed by atoms with Gasteiger partial charge >= 0.3 is 0 Å². The van der Waals surface area contributed by atoms with Crippen molar-refractivity contribution in [2.45, 2.75) is 19.4 Å². The number of carbonyl (C=O) groups is 1. The van der Waals surface area contributed by atoms with E-state index in [0.717, 1.165) is 13.0 Å². The summed E-state index contributed by atoms with van der Waals surface area (Å²) < 4.78 is 13.9. The van der Waals surface area contributed by atoms with E-state index in [1.807, 2.05) is 25.9 Å². The van der Waals surface area contributed by atoms with Crippen molar-refractivity contribution < 1.29 is 9.18 Å². The van der Waals surface area contributed by atoms with Gasteiger partial charge in [0.25, 0.3) is 5.91 Å². The lowest BCUT2D eigenvalue weighted by atomic mass is 10.1. The number of hydrogen-bond acceptors (Lipinski definition) is 3. The van der Waals surface area contributed by atoms with Gasteiger partial charge in [-0.25, -0.2) is 4.39 Å². The van der Waals surface area contributed by atoms with Gasteiger partial charge < -0.3 is 16.0 Å². The Morgan fingerprint density at radius 3 is 2.76 bits per heavy atom. The third kappa shape index (κ3) is 5.94. The number of nitrogens with zero attached hydrogens (tertiary/aromatic N) is 1. The SMILES string of the molecule is CC(CCN(C)C)NC(=O)c1ccc(C#CCN)cc1F. The summed E-state index contributed by atoms with van der Waals surface area (Å²) in [6.45, 7) is 2.98. The first kappa shape index (κ1) is 17.2. The highest BCUT2D eigenvalue weighted by Crippen LogP contribution is 2.10. The van der Waals surface area contributed by atoms with E-state index >= 15 is 0 Å². The van der Waals surface area contributed by atoms with Gasteiger partial charge in [-0.15, -0.1) is 0 Å². The zero-order chi connectivity index (χ0) is 15.8. The van der Waals surface area contributed by atoms with Gasteiger partial charge in [0.05, 0.1) is 12.1 Å². The van der Waals surface area contributed by atoms with E-state index in [1.165, 1.54) is 12.1 Å². The molecule has 21 heavy (non-hydrogen) atoms. The van der Waals surface area contributed by atoms with Crippen LogP contribution in [0.5, 0.6) is 0 Å². The fraction of sp³-hybridized carbons (Fsp3) is 0.438. The second kappa shape index (κ2) is 8.40. The van der Waals surface area contributed by atoms with E-state index < -0.39 is 11.7 Å². The number of halogens is 1. The second-order valence-corrected chi connectivity index (χ2v) is 5.17. The van der Waals surface area contributed by atoms with Gasteiger partial charge in [-0.3, -0.25) is 4.79 Å². The van der Waals surface area contributed by atoms with Crippen LogP contribution in [0.25, 0.3) is 0 Å². The van der Waals surface area contributed by atoms with Crippen molar-refractivity contribution in [2.24, 2.45) is 5.73 Å². The predicted octanol–water partition coefficient (Wildman–Crippen LogP) is 1.21. The number of benzene rings is 1. The standard InChI is InChI=1S/C16H22FN3O/c1-12(8-10-20(2)3)19-16(21)14-7-6-13(5-4-9-18)11-15(14)17/h6-7,11-12H,8-10,18H2,1-3H3,(H,19,21). The van der Waals surface area contributed by atoms with Crippen molar-refractivity contribution in [2.75, 3.05) is 27.2 Å². The molecule has 0 bridgehead atoms. The maximum absolute atomic E-state index is 13.9. The molecular weight excluding hydrogens is 269 g/mol. The molecule has 1 atom stereocenters. The summed E-state index contributed by atoms with van der Waals surface area (Å²) in [5, 5.41) is 2.79. The zero-order valence-corrected chi connectivity index (χ0v) is 12.7. The minimum atomic E-state index is -0.573. The summed E-state index contributed by atoms with van der Waals surface area (Å²) >= 11 is 0. The van der Waals surface area contributed by atoms with Gasteiger partial charge in [-0.2, -0.15) is 0 Å². The molecule has 1 aromatic rings. The first-order chi connectivity index (χ1) is 9.93. The van der Waals surface area contributed by atoms with Crippen LogP contribution in [-0.4, -0.2) is 44.0 Å². The number of hydrogen-bond donors (Lipinski definition) is 2. The minimum absolute atomic E-state index is 0.0176. The predicted molar refractivity (Wildman–Crippen MR) is 82.4 cm³/mol. The summed E-state index contributed by atoms with van der Waals surface area (Å²) in [5.41, 5.74) is 5.80. The van der Waals surface area contributed by atoms with E-state index in [9.17, 15) is 9.18 Å². The van der Waals surface area contributed by atoms with Gasteiger partial charge in [-0.05, 0) is 52.2 Å². The van der Waals surface area contributed by atoms with E-state index in [4.69, 9.17) is 5.73 Å². The molecule has 0 spiro atoms. The van der Waals surface area contributed by atoms with E-state index in [1.54, 1.807) is 6.07 Å². The summed E-state index contributed by atoms with van der Waals surface area (Å²) in [6.07, 6.45) is 0.806. The second-order valence-electron chi connectivity index (χ2n) is 5.17. The molecule has 0 radical (unpaired) electrons. The van der Waals surface area contributed by atoms with Gasteiger partial charge in [0.2, 0.25) is 0 Å². The fourth-order valence-electron chi connectivity index (χ4n) is 1.76. The highest BCUT2D eigenvalue weighted by atomic mass is 19.1. The van der Waals surface area contributed by atoms with Crippen LogP contribution in [0.2, 0.25) is 0 Å². The minimum Gasteiger partial charge on any atom is -0.349 e. The quantitative estimate of drug-likeness (QED) is 0.802. The summed E-state index contributed by atoms with van der Waals surface area (Å²) in [4.78, 5) is 14.1. The first-order valence-electron chi connectivity index (χ1n) is 6.88. The number of nitrogens with two attached hydrogens (primary N) is 1. The smallest absolute Gasteiger partial charge is 0.254 e. The average molecular weight is 291 g/mol. The molecule has 0 aromatic heterocycles. The fourth-order valence-corrected chi connectivity index (χ4v) is 1.76. The van der Waals surface area contributed by atoms with E-state index in [2.05, 4.69) is 17.2 Å². The third-order valence-electron chi connectivity index (χ3n) is 2.94. The molecule has 0 aliphatic heterocycles. The van der Waals surface area contributed by atoms with E-state index in [0.29, 0.717) is 5.56 Å². The van der Waals surface area contributed by atoms with Crippen molar-refractivity contribution in [3.63, 3.8) is 0 Å². The lowest BCUT2D eigenvalue weighted by Crippen LogP contribution is -2.35. The van der Waals surface area contributed by atoms with Crippen molar-refractivity contribution in [1.29, 1.82) is 0 Å². The molecule has 5 heteroatoms. The number of carbonyl (C=O) groups excluding carboxylic acids is 1. The van der Waals surface area contributed by atoms with Gasteiger partial charge in [-0.1, -0.05) is 11.8 Å². The van der Waals surface area contributed by atoms with Crippen molar-refractivity contribution >= 4 is 5.91 Å². The molecule has 1 amide bonds. The van der Waals surface area contributed by atoms with Crippen molar-refractivity contribution in [3.05, 3.63) is 35.1 Å². The zero-order valence-electron chi connectivity index (χ0n) is 12.7. The summed E-state index contributed by atoms with van der Waals surface area (Å²) in [5.74, 6) is 4.40. The monoisotopic (exact) mass is 291 g/mol. The van der Waals surface area contributed by atoms with Crippen LogP contribution in [0.15, 0.2) is 18.2 Å². The lowest BCUT2D eigenvalue weighted by molar-refractivity contribution is 0.0932. The Balaban J connectivity index is 2.70. The van der Waals surface area contributed by atoms with Crippen LogP contribution in [0.3, 0.4) is 0 Å². The molecular formula is C16H22FN3O. The lowest BCUT2D eigenvalue weighted by Gasteiger charge is -2.17. The summed E-state index contributed by atoms with van der Waals surface area (Å²) in [7, 11) is 3.94. The Morgan fingerprint density at radius 1 is 1.48 bits per heavy atom. The van der Waals surface area contributed by atoms with Crippen LogP contribution in [-0.2, 0) is 0 Å². The Kier molecular flexibility index (Phi) is 6.86. The summed E-state index contributed by atoms with van der Waals surface area (Å²) in [6, 6.07) is 4.30. The molecule has 4 nitrogen and oxygen atoms in total. The first-order valence-corrected chi connectivity index (χ1v) is 6.88. The third-order valence-corrected chi connectivity index (χ3v) is 2.94. The average Bonchev–Trinajstić information content (AvgIpc) is 2.42. The molecule has 1 aromatic carbocycles. The Labute approximate surface area is 125 Å². The molecule has 0 saturated heterocycles. The Hall–Kier alpha value is -1.90. The molecule has 0 fully saturated rings. The van der Waals surface area contributed by atoms with Crippen LogP contribution >= 0.6 is 0 Å². The van der Waals surface area contributed by atoms with Gasteiger partial charge in [0, 0.05) is 11.6 Å². The highest BCUT2D eigenvalue weighted by Gasteiger charge is 2.14.